The molecule has 2 aromatic rings. The SMILES string of the molecule is CCOC(=O)c1c(NC)nc(N2CCCC(NC(=O)OC(C)(C)C)C2)n1Cc1ccccc1. The molecule has 9 nitrogen and oxygen atoms in total. The van der Waals surface area contributed by atoms with Gasteiger partial charge in [-0.3, -0.25) is 4.57 Å². The second-order valence-corrected chi connectivity index (χ2v) is 9.08. The molecule has 3 rings (SSSR count). The van der Waals surface area contributed by atoms with Crippen LogP contribution in [0.5, 0.6) is 0 Å². The van der Waals surface area contributed by atoms with E-state index in [1.165, 1.54) is 0 Å². The van der Waals surface area contributed by atoms with Crippen molar-refractivity contribution >= 4 is 23.8 Å². The van der Waals surface area contributed by atoms with Crippen molar-refractivity contribution in [3.05, 3.63) is 41.6 Å². The number of imidazole rings is 1. The van der Waals surface area contributed by atoms with Crippen LogP contribution in [0.15, 0.2) is 30.3 Å². The number of amides is 1. The largest absolute Gasteiger partial charge is 0.461 e. The molecular formula is C24H35N5O4. The zero-order chi connectivity index (χ0) is 24.0. The van der Waals surface area contributed by atoms with Gasteiger partial charge in [0, 0.05) is 26.2 Å². The van der Waals surface area contributed by atoms with Crippen LogP contribution < -0.4 is 15.5 Å². The smallest absolute Gasteiger partial charge is 0.407 e. The Morgan fingerprint density at radius 1 is 1.21 bits per heavy atom. The maximum atomic E-state index is 12.9. The highest BCUT2D eigenvalue weighted by Crippen LogP contribution is 2.28. The van der Waals surface area contributed by atoms with Crippen molar-refractivity contribution in [2.45, 2.75) is 58.7 Å². The molecule has 1 saturated heterocycles. The highest BCUT2D eigenvalue weighted by molar-refractivity contribution is 5.94. The van der Waals surface area contributed by atoms with E-state index in [2.05, 4.69) is 15.5 Å². The number of rotatable bonds is 7. The van der Waals surface area contributed by atoms with Gasteiger partial charge in [-0.05, 0) is 46.1 Å². The van der Waals surface area contributed by atoms with Gasteiger partial charge in [-0.1, -0.05) is 30.3 Å². The van der Waals surface area contributed by atoms with Gasteiger partial charge in [-0.15, -0.1) is 0 Å². The van der Waals surface area contributed by atoms with E-state index in [9.17, 15) is 9.59 Å². The van der Waals surface area contributed by atoms with Gasteiger partial charge in [0.1, 0.15) is 5.60 Å². The van der Waals surface area contributed by atoms with E-state index in [0.717, 1.165) is 24.9 Å². The Morgan fingerprint density at radius 3 is 2.58 bits per heavy atom. The molecule has 1 aromatic heterocycles. The van der Waals surface area contributed by atoms with Crippen LogP contribution in [0.25, 0.3) is 0 Å². The second-order valence-electron chi connectivity index (χ2n) is 9.08. The third-order valence-corrected chi connectivity index (χ3v) is 5.26. The number of alkyl carbamates (subject to hydrolysis) is 1. The quantitative estimate of drug-likeness (QED) is 0.613. The Balaban J connectivity index is 1.90. The van der Waals surface area contributed by atoms with Gasteiger partial charge in [0.15, 0.2) is 11.5 Å². The molecule has 1 atom stereocenters. The molecule has 0 aliphatic carbocycles. The number of nitrogens with zero attached hydrogens (tertiary/aromatic N) is 3. The van der Waals surface area contributed by atoms with Crippen LogP contribution in [-0.2, 0) is 16.0 Å². The van der Waals surface area contributed by atoms with E-state index in [1.807, 2.05) is 55.7 Å². The maximum absolute atomic E-state index is 12.9. The lowest BCUT2D eigenvalue weighted by atomic mass is 10.1. The fourth-order valence-corrected chi connectivity index (χ4v) is 3.93. The summed E-state index contributed by atoms with van der Waals surface area (Å²) in [7, 11) is 1.74. The highest BCUT2D eigenvalue weighted by Gasteiger charge is 2.30. The second kappa shape index (κ2) is 10.6. The molecule has 180 valence electrons. The molecule has 1 aliphatic heterocycles. The first-order valence-electron chi connectivity index (χ1n) is 11.5. The van der Waals surface area contributed by atoms with Crippen LogP contribution >= 0.6 is 0 Å². The monoisotopic (exact) mass is 457 g/mol. The molecule has 0 saturated carbocycles. The van der Waals surface area contributed by atoms with Crippen LogP contribution in [0, 0.1) is 0 Å². The fourth-order valence-electron chi connectivity index (χ4n) is 3.93. The van der Waals surface area contributed by atoms with Crippen molar-refractivity contribution in [3.8, 4) is 0 Å². The van der Waals surface area contributed by atoms with Crippen molar-refractivity contribution in [1.82, 2.24) is 14.9 Å². The molecule has 1 fully saturated rings. The van der Waals surface area contributed by atoms with Crippen molar-refractivity contribution < 1.29 is 19.1 Å². The highest BCUT2D eigenvalue weighted by atomic mass is 16.6. The minimum Gasteiger partial charge on any atom is -0.461 e. The third-order valence-electron chi connectivity index (χ3n) is 5.26. The van der Waals surface area contributed by atoms with E-state index in [4.69, 9.17) is 14.5 Å². The van der Waals surface area contributed by atoms with Crippen LogP contribution in [0.3, 0.4) is 0 Å². The first kappa shape index (κ1) is 24.4. The molecule has 0 radical (unpaired) electrons. The minimum atomic E-state index is -0.555. The summed E-state index contributed by atoms with van der Waals surface area (Å²) in [5, 5.41) is 6.02. The fraction of sp³-hybridized carbons (Fsp3) is 0.542. The Labute approximate surface area is 195 Å². The summed E-state index contributed by atoms with van der Waals surface area (Å²) in [6.07, 6.45) is 1.30. The van der Waals surface area contributed by atoms with Gasteiger partial charge in [0.25, 0.3) is 0 Å². The molecule has 2 N–H and O–H groups in total. The number of nitrogens with one attached hydrogen (secondary N) is 2. The average Bonchev–Trinajstić information content (AvgIpc) is 3.12. The van der Waals surface area contributed by atoms with Gasteiger partial charge in [0.05, 0.1) is 13.2 Å². The molecule has 2 heterocycles. The van der Waals surface area contributed by atoms with Crippen LogP contribution in [0.1, 0.15) is 56.6 Å². The molecule has 9 heteroatoms. The summed E-state index contributed by atoms with van der Waals surface area (Å²) in [5.41, 5.74) is 0.880. The van der Waals surface area contributed by atoms with Crippen LogP contribution in [0.4, 0.5) is 16.6 Å². The summed E-state index contributed by atoms with van der Waals surface area (Å²) in [5.74, 6) is 0.723. The Kier molecular flexibility index (Phi) is 7.84. The van der Waals surface area contributed by atoms with Gasteiger partial charge < -0.3 is 25.0 Å². The molecule has 1 aliphatic rings. The van der Waals surface area contributed by atoms with E-state index in [-0.39, 0.29) is 12.6 Å². The Morgan fingerprint density at radius 2 is 1.94 bits per heavy atom. The standard InChI is InChI=1S/C24H35N5O4/c1-6-32-21(30)19-20(25-5)27-22(29(19)15-17-11-8-7-9-12-17)28-14-10-13-18(16-28)26-23(31)33-24(2,3)4/h7-9,11-12,18,25H,6,10,13-16H2,1-5H3,(H,26,31). The summed E-state index contributed by atoms with van der Waals surface area (Å²) < 4.78 is 12.7. The predicted octanol–water partition coefficient (Wildman–Crippen LogP) is 3.64. The lowest BCUT2D eigenvalue weighted by Gasteiger charge is -2.34. The number of anilines is 2. The number of piperidine rings is 1. The molecule has 0 spiro atoms. The minimum absolute atomic E-state index is 0.0837. The first-order chi connectivity index (χ1) is 15.7. The Hall–Kier alpha value is -3.23. The van der Waals surface area contributed by atoms with Gasteiger partial charge in [-0.25, -0.2) is 9.59 Å². The molecule has 0 bridgehead atoms. The zero-order valence-corrected chi connectivity index (χ0v) is 20.2. The van der Waals surface area contributed by atoms with Crippen LogP contribution in [-0.4, -0.2) is 60.0 Å². The maximum Gasteiger partial charge on any atom is 0.407 e. The van der Waals surface area contributed by atoms with Gasteiger partial charge in [0.2, 0.25) is 5.95 Å². The molecular weight excluding hydrogens is 422 g/mol. The normalized spacial score (nSPS) is 16.3. The number of aromatic nitrogens is 2. The molecule has 1 amide bonds. The zero-order valence-electron chi connectivity index (χ0n) is 20.2. The molecule has 1 aromatic carbocycles. The van der Waals surface area contributed by atoms with Crippen molar-refractivity contribution in [2.24, 2.45) is 0 Å². The first-order valence-corrected chi connectivity index (χ1v) is 11.5. The lowest BCUT2D eigenvalue weighted by molar-refractivity contribution is 0.0495. The number of hydrogen-bond acceptors (Lipinski definition) is 7. The van der Waals surface area contributed by atoms with Gasteiger partial charge >= 0.3 is 12.1 Å². The number of ether oxygens (including phenoxy) is 2. The van der Waals surface area contributed by atoms with E-state index in [1.54, 1.807) is 14.0 Å². The summed E-state index contributed by atoms with van der Waals surface area (Å²) >= 11 is 0. The van der Waals surface area contributed by atoms with Crippen molar-refractivity contribution in [1.29, 1.82) is 0 Å². The number of carbonyl (C=O) groups excluding carboxylic acids is 2. The average molecular weight is 458 g/mol. The van der Waals surface area contributed by atoms with Crippen molar-refractivity contribution in [3.63, 3.8) is 0 Å². The molecule has 33 heavy (non-hydrogen) atoms. The van der Waals surface area contributed by atoms with E-state index in [0.29, 0.717) is 30.5 Å². The molecule has 1 unspecified atom stereocenters. The predicted molar refractivity (Wildman–Crippen MR) is 128 cm³/mol. The summed E-state index contributed by atoms with van der Waals surface area (Å²) in [4.78, 5) is 32.0. The number of hydrogen-bond donors (Lipinski definition) is 2. The number of benzene rings is 1. The third kappa shape index (κ3) is 6.40. The Bertz CT molecular complexity index is 952. The summed E-state index contributed by atoms with van der Waals surface area (Å²) in [6.45, 7) is 9.40. The summed E-state index contributed by atoms with van der Waals surface area (Å²) in [6, 6.07) is 9.84. The lowest BCUT2D eigenvalue weighted by Crippen LogP contribution is -2.49. The topological polar surface area (TPSA) is 97.7 Å². The van der Waals surface area contributed by atoms with E-state index < -0.39 is 17.7 Å². The van der Waals surface area contributed by atoms with Gasteiger partial charge in [-0.2, -0.15) is 4.98 Å². The van der Waals surface area contributed by atoms with Crippen LogP contribution in [0.2, 0.25) is 0 Å². The van der Waals surface area contributed by atoms with E-state index >= 15 is 0 Å². The van der Waals surface area contributed by atoms with Crippen molar-refractivity contribution in [2.75, 3.05) is 37.0 Å². The number of esters is 1. The number of carbonyl (C=O) groups is 2.